The summed E-state index contributed by atoms with van der Waals surface area (Å²) in [7, 11) is 0. The Morgan fingerprint density at radius 1 is 1.21 bits per heavy atom. The molecule has 128 valence electrons. The Morgan fingerprint density at radius 3 is 2.33 bits per heavy atom. The quantitative estimate of drug-likeness (QED) is 0.650. The lowest BCUT2D eigenvalue weighted by molar-refractivity contribution is -0.385. The highest BCUT2D eigenvalue weighted by Crippen LogP contribution is 2.37. The van der Waals surface area contributed by atoms with Crippen LogP contribution < -0.4 is 10.5 Å². The Hall–Kier alpha value is -2.61. The zero-order valence-corrected chi connectivity index (χ0v) is 12.7. The van der Waals surface area contributed by atoms with Crippen molar-refractivity contribution in [3.05, 3.63) is 63.7 Å². The van der Waals surface area contributed by atoms with E-state index in [9.17, 15) is 23.3 Å². The van der Waals surface area contributed by atoms with Gasteiger partial charge in [-0.25, -0.2) is 0 Å². The molecule has 24 heavy (non-hydrogen) atoms. The molecule has 0 aliphatic carbocycles. The second-order valence-electron chi connectivity index (χ2n) is 5.36. The maximum absolute atomic E-state index is 12.7. The first-order valence-corrected chi connectivity index (χ1v) is 7.05. The van der Waals surface area contributed by atoms with E-state index in [0.717, 1.165) is 17.7 Å². The van der Waals surface area contributed by atoms with Gasteiger partial charge in [-0.15, -0.1) is 0 Å². The van der Waals surface area contributed by atoms with Gasteiger partial charge in [-0.05, 0) is 43.2 Å². The van der Waals surface area contributed by atoms with Gasteiger partial charge in [0.15, 0.2) is 0 Å². The number of nitrogens with two attached hydrogens (primary N) is 1. The zero-order chi connectivity index (χ0) is 17.9. The molecule has 2 N–H and O–H groups in total. The molecule has 0 saturated carbocycles. The van der Waals surface area contributed by atoms with Crippen LogP contribution in [0.25, 0.3) is 0 Å². The van der Waals surface area contributed by atoms with Gasteiger partial charge in [-0.3, -0.25) is 10.1 Å². The molecule has 1 atom stereocenters. The highest BCUT2D eigenvalue weighted by molar-refractivity contribution is 5.51. The Kier molecular flexibility index (Phi) is 5.08. The monoisotopic (exact) mass is 340 g/mol. The van der Waals surface area contributed by atoms with Gasteiger partial charge in [-0.2, -0.15) is 13.2 Å². The average molecular weight is 340 g/mol. The highest BCUT2D eigenvalue weighted by Gasteiger charge is 2.33. The van der Waals surface area contributed by atoms with Crippen LogP contribution in [0.5, 0.6) is 11.5 Å². The number of hydrogen-bond acceptors (Lipinski definition) is 4. The smallest absolute Gasteiger partial charge is 0.416 e. The fourth-order valence-corrected chi connectivity index (χ4v) is 2.12. The van der Waals surface area contributed by atoms with Crippen molar-refractivity contribution in [2.45, 2.75) is 25.6 Å². The molecule has 0 aliphatic rings. The number of nitro groups is 1. The molecule has 8 heteroatoms. The molecule has 1 unspecified atom stereocenters. The van der Waals surface area contributed by atoms with E-state index in [1.165, 1.54) is 0 Å². The van der Waals surface area contributed by atoms with Crippen molar-refractivity contribution in [3.63, 3.8) is 0 Å². The summed E-state index contributed by atoms with van der Waals surface area (Å²) in [5, 5.41) is 11.0. The molecule has 0 radical (unpaired) electrons. The van der Waals surface area contributed by atoms with Crippen LogP contribution in [0.1, 0.15) is 18.1 Å². The minimum atomic E-state index is -4.66. The third-order valence-electron chi connectivity index (χ3n) is 3.19. The summed E-state index contributed by atoms with van der Waals surface area (Å²) in [6, 6.07) is 8.78. The molecule has 2 aromatic rings. The van der Waals surface area contributed by atoms with E-state index in [1.807, 2.05) is 6.92 Å². The molecule has 0 aliphatic heterocycles. The van der Waals surface area contributed by atoms with Crippen molar-refractivity contribution in [2.24, 2.45) is 5.73 Å². The lowest BCUT2D eigenvalue weighted by Crippen LogP contribution is -2.17. The molecule has 5 nitrogen and oxygen atoms in total. The highest BCUT2D eigenvalue weighted by atomic mass is 19.4. The summed E-state index contributed by atoms with van der Waals surface area (Å²) in [5.74, 6) is 0.0271. The minimum absolute atomic E-state index is 0.0206. The number of halogens is 3. The van der Waals surface area contributed by atoms with Crippen LogP contribution in [0.2, 0.25) is 0 Å². The lowest BCUT2D eigenvalue weighted by Gasteiger charge is -2.11. The van der Waals surface area contributed by atoms with Gasteiger partial charge in [0.1, 0.15) is 5.75 Å². The van der Waals surface area contributed by atoms with E-state index in [0.29, 0.717) is 12.5 Å². The lowest BCUT2D eigenvalue weighted by atomic mass is 10.1. The van der Waals surface area contributed by atoms with Gasteiger partial charge in [-0.1, -0.05) is 12.1 Å². The number of hydrogen-bond donors (Lipinski definition) is 1. The van der Waals surface area contributed by atoms with Crippen LogP contribution in [0.15, 0.2) is 42.5 Å². The summed E-state index contributed by atoms with van der Waals surface area (Å²) in [6.07, 6.45) is -4.01. The van der Waals surface area contributed by atoms with Crippen molar-refractivity contribution in [3.8, 4) is 11.5 Å². The fraction of sp³-hybridized carbons (Fsp3) is 0.250. The van der Waals surface area contributed by atoms with E-state index in [4.69, 9.17) is 10.5 Å². The van der Waals surface area contributed by atoms with Crippen LogP contribution >= 0.6 is 0 Å². The first kappa shape index (κ1) is 17.7. The molecule has 0 heterocycles. The summed E-state index contributed by atoms with van der Waals surface area (Å²) < 4.78 is 43.4. The fourth-order valence-electron chi connectivity index (χ4n) is 2.12. The van der Waals surface area contributed by atoms with E-state index < -0.39 is 22.4 Å². The number of nitrogens with zero attached hydrogens (tertiary/aromatic N) is 1. The van der Waals surface area contributed by atoms with Crippen molar-refractivity contribution in [1.82, 2.24) is 0 Å². The molecular formula is C16H15F3N2O3. The molecule has 0 aromatic heterocycles. The molecule has 0 fully saturated rings. The molecule has 0 bridgehead atoms. The van der Waals surface area contributed by atoms with Crippen LogP contribution in [0.3, 0.4) is 0 Å². The first-order valence-electron chi connectivity index (χ1n) is 7.05. The maximum Gasteiger partial charge on any atom is 0.416 e. The van der Waals surface area contributed by atoms with Gasteiger partial charge in [0.25, 0.3) is 0 Å². The van der Waals surface area contributed by atoms with E-state index in [1.54, 1.807) is 24.3 Å². The Bertz CT molecular complexity index is 728. The van der Waals surface area contributed by atoms with Gasteiger partial charge in [0.2, 0.25) is 5.75 Å². The summed E-state index contributed by atoms with van der Waals surface area (Å²) in [6.45, 7) is 1.86. The number of rotatable bonds is 5. The summed E-state index contributed by atoms with van der Waals surface area (Å²) >= 11 is 0. The van der Waals surface area contributed by atoms with Gasteiger partial charge in [0, 0.05) is 12.1 Å². The van der Waals surface area contributed by atoms with Crippen molar-refractivity contribution in [2.75, 3.05) is 0 Å². The zero-order valence-electron chi connectivity index (χ0n) is 12.7. The van der Waals surface area contributed by atoms with Gasteiger partial charge < -0.3 is 10.5 Å². The number of alkyl halides is 3. The second-order valence-corrected chi connectivity index (χ2v) is 5.36. The van der Waals surface area contributed by atoms with Gasteiger partial charge in [0.05, 0.1) is 10.5 Å². The molecule has 0 saturated heterocycles. The molecule has 0 spiro atoms. The molecular weight excluding hydrogens is 325 g/mol. The Morgan fingerprint density at radius 2 is 1.83 bits per heavy atom. The average Bonchev–Trinajstić information content (AvgIpc) is 2.47. The third-order valence-corrected chi connectivity index (χ3v) is 3.19. The third kappa shape index (κ3) is 4.45. The first-order chi connectivity index (χ1) is 11.2. The predicted molar refractivity (Wildman–Crippen MR) is 82.0 cm³/mol. The summed E-state index contributed by atoms with van der Waals surface area (Å²) in [5.41, 5.74) is 4.80. The van der Waals surface area contributed by atoms with E-state index in [-0.39, 0.29) is 17.5 Å². The topological polar surface area (TPSA) is 78.4 Å². The number of benzene rings is 2. The number of nitro benzene ring substituents is 1. The Labute approximate surface area is 136 Å². The standard InChI is InChI=1S/C16H15F3N2O3/c1-10(20)8-11-2-5-13(6-3-11)24-15-7-4-12(16(17,18)19)9-14(15)21(22)23/h2-7,9-10H,8,20H2,1H3. The van der Waals surface area contributed by atoms with E-state index in [2.05, 4.69) is 0 Å². The number of ether oxygens (including phenoxy) is 1. The van der Waals surface area contributed by atoms with Crippen LogP contribution in [0.4, 0.5) is 18.9 Å². The second kappa shape index (κ2) is 6.88. The van der Waals surface area contributed by atoms with Crippen molar-refractivity contribution >= 4 is 5.69 Å². The van der Waals surface area contributed by atoms with Crippen LogP contribution in [-0.4, -0.2) is 11.0 Å². The van der Waals surface area contributed by atoms with E-state index >= 15 is 0 Å². The predicted octanol–water partition coefficient (Wildman–Crippen LogP) is 4.30. The van der Waals surface area contributed by atoms with Crippen molar-refractivity contribution < 1.29 is 22.8 Å². The summed E-state index contributed by atoms with van der Waals surface area (Å²) in [4.78, 5) is 10.1. The molecule has 2 rings (SSSR count). The molecule has 2 aromatic carbocycles. The minimum Gasteiger partial charge on any atom is -0.450 e. The SMILES string of the molecule is CC(N)Cc1ccc(Oc2ccc(C(F)(F)F)cc2[N+](=O)[O-])cc1. The largest absolute Gasteiger partial charge is 0.450 e. The molecule has 0 amide bonds. The maximum atomic E-state index is 12.7. The van der Waals surface area contributed by atoms with Gasteiger partial charge >= 0.3 is 11.9 Å². The van der Waals surface area contributed by atoms with Crippen molar-refractivity contribution in [1.29, 1.82) is 0 Å². The van der Waals surface area contributed by atoms with Crippen LogP contribution in [-0.2, 0) is 12.6 Å². The normalized spacial score (nSPS) is 12.7. The van der Waals surface area contributed by atoms with Crippen LogP contribution in [0, 0.1) is 10.1 Å². The Balaban J connectivity index is 2.27.